The maximum absolute atomic E-state index is 12.9. The fourth-order valence-corrected chi connectivity index (χ4v) is 6.22. The molecule has 0 radical (unpaired) electrons. The lowest BCUT2D eigenvalue weighted by atomic mass is 9.91. The van der Waals surface area contributed by atoms with Gasteiger partial charge in [0, 0.05) is 34.8 Å². The van der Waals surface area contributed by atoms with Gasteiger partial charge >= 0.3 is 6.03 Å². The van der Waals surface area contributed by atoms with E-state index in [0.29, 0.717) is 22.9 Å². The molecule has 0 spiro atoms. The van der Waals surface area contributed by atoms with Gasteiger partial charge in [0.15, 0.2) is 6.29 Å². The highest BCUT2D eigenvalue weighted by atomic mass is 32.2. The van der Waals surface area contributed by atoms with Crippen molar-refractivity contribution >= 4 is 29.2 Å². The minimum absolute atomic E-state index is 0.0161. The molecule has 6 rings (SSSR count). The van der Waals surface area contributed by atoms with E-state index in [2.05, 4.69) is 22.5 Å². The van der Waals surface area contributed by atoms with Crippen LogP contribution in [0.4, 0.5) is 16.2 Å². The van der Waals surface area contributed by atoms with Crippen molar-refractivity contribution in [1.82, 2.24) is 4.98 Å². The molecular weight excluding hydrogens is 598 g/mol. The van der Waals surface area contributed by atoms with Crippen LogP contribution in [0.15, 0.2) is 133 Å². The Kier molecular flexibility index (Phi) is 10.3. The Morgan fingerprint density at radius 3 is 2.28 bits per heavy atom. The first-order valence-corrected chi connectivity index (χ1v) is 16.1. The number of aliphatic hydroxyl groups is 1. The summed E-state index contributed by atoms with van der Waals surface area (Å²) in [5, 5.41) is 16.3. The predicted octanol–water partition coefficient (Wildman–Crippen LogP) is 8.59. The number of aliphatic hydroxyl groups excluding tert-OH is 1. The van der Waals surface area contributed by atoms with E-state index in [0.717, 1.165) is 27.5 Å². The molecule has 0 aliphatic carbocycles. The summed E-state index contributed by atoms with van der Waals surface area (Å²) >= 11 is 1.65. The average molecular weight is 634 g/mol. The summed E-state index contributed by atoms with van der Waals surface area (Å²) in [5.74, 6) is 2.15. The maximum atomic E-state index is 12.9. The number of amides is 2. The molecule has 4 unspecified atom stereocenters. The van der Waals surface area contributed by atoms with Gasteiger partial charge in [-0.05, 0) is 71.8 Å². The normalized spacial score (nSPS) is 19.3. The van der Waals surface area contributed by atoms with Crippen molar-refractivity contribution in [3.8, 4) is 11.5 Å². The van der Waals surface area contributed by atoms with Crippen molar-refractivity contribution in [2.75, 3.05) is 16.4 Å². The van der Waals surface area contributed by atoms with Gasteiger partial charge in [-0.1, -0.05) is 67.6 Å². The summed E-state index contributed by atoms with van der Waals surface area (Å²) in [5.41, 5.74) is 3.88. The standard InChI is InChI=1S/C37H35N3O5S/c1-25-33(24-46-34-12-5-6-21-38-34)44-36(45-35(25)27-15-13-26(23-41)14-16-27)28-8-7-9-30(22-28)40-37(42)39-29-17-19-32(20-18-29)43-31-10-3-2-4-11-31/h2-22,25,33,35-36,41H,23-24H2,1H3,(H2,39,40,42). The van der Waals surface area contributed by atoms with Crippen LogP contribution in [-0.2, 0) is 16.1 Å². The number of carbonyl (C=O) groups is 1. The summed E-state index contributed by atoms with van der Waals surface area (Å²) in [7, 11) is 0. The van der Waals surface area contributed by atoms with E-state index in [1.807, 2.05) is 97.1 Å². The first kappa shape index (κ1) is 31.3. The third-order valence-corrected chi connectivity index (χ3v) is 8.70. The Balaban J connectivity index is 1.14. The largest absolute Gasteiger partial charge is 0.457 e. The molecule has 1 saturated heterocycles. The lowest BCUT2D eigenvalue weighted by molar-refractivity contribution is -0.268. The van der Waals surface area contributed by atoms with Gasteiger partial charge in [-0.25, -0.2) is 9.78 Å². The summed E-state index contributed by atoms with van der Waals surface area (Å²) in [6.45, 7) is 2.12. The first-order chi connectivity index (χ1) is 22.5. The van der Waals surface area contributed by atoms with E-state index in [9.17, 15) is 9.90 Å². The van der Waals surface area contributed by atoms with Gasteiger partial charge in [-0.3, -0.25) is 0 Å². The van der Waals surface area contributed by atoms with E-state index in [-0.39, 0.29) is 30.8 Å². The number of thioether (sulfide) groups is 1. The predicted molar refractivity (Wildman–Crippen MR) is 180 cm³/mol. The second kappa shape index (κ2) is 15.1. The van der Waals surface area contributed by atoms with E-state index >= 15 is 0 Å². The molecule has 0 saturated carbocycles. The molecule has 234 valence electrons. The van der Waals surface area contributed by atoms with Crippen molar-refractivity contribution in [3.63, 3.8) is 0 Å². The Morgan fingerprint density at radius 1 is 0.804 bits per heavy atom. The average Bonchev–Trinajstić information content (AvgIpc) is 3.10. The number of nitrogens with one attached hydrogen (secondary N) is 2. The fourth-order valence-electron chi connectivity index (χ4n) is 5.20. The van der Waals surface area contributed by atoms with Gasteiger partial charge in [-0.2, -0.15) is 0 Å². The summed E-state index contributed by atoms with van der Waals surface area (Å²) in [6.07, 6.45) is 0.751. The number of para-hydroxylation sites is 1. The minimum Gasteiger partial charge on any atom is -0.457 e. The molecule has 2 amide bonds. The van der Waals surface area contributed by atoms with Crippen LogP contribution < -0.4 is 15.4 Å². The second-order valence-electron chi connectivity index (χ2n) is 10.9. The highest BCUT2D eigenvalue weighted by Crippen LogP contribution is 2.43. The molecule has 1 aliphatic rings. The third kappa shape index (κ3) is 8.13. The van der Waals surface area contributed by atoms with Crippen molar-refractivity contribution in [1.29, 1.82) is 0 Å². The Bertz CT molecular complexity index is 1710. The van der Waals surface area contributed by atoms with Crippen LogP contribution in [0, 0.1) is 5.92 Å². The molecule has 5 aromatic rings. The lowest BCUT2D eigenvalue weighted by Gasteiger charge is -2.41. The molecule has 8 nitrogen and oxygen atoms in total. The first-order valence-electron chi connectivity index (χ1n) is 15.1. The van der Waals surface area contributed by atoms with Gasteiger partial charge in [0.1, 0.15) is 11.5 Å². The Hall–Kier alpha value is -4.67. The molecule has 1 aromatic heterocycles. The minimum atomic E-state index is -0.657. The number of hydrogen-bond acceptors (Lipinski definition) is 7. The summed E-state index contributed by atoms with van der Waals surface area (Å²) < 4.78 is 19.0. The summed E-state index contributed by atoms with van der Waals surface area (Å²) in [4.78, 5) is 17.4. The number of nitrogens with zero attached hydrogens (tertiary/aromatic N) is 1. The highest BCUT2D eigenvalue weighted by Gasteiger charge is 2.38. The molecule has 0 bridgehead atoms. The number of ether oxygens (including phenoxy) is 3. The third-order valence-electron chi connectivity index (χ3n) is 7.66. The maximum Gasteiger partial charge on any atom is 0.323 e. The molecule has 1 aliphatic heterocycles. The summed E-state index contributed by atoms with van der Waals surface area (Å²) in [6, 6.07) is 37.5. The number of carbonyl (C=O) groups excluding carboxylic acids is 1. The topological polar surface area (TPSA) is 102 Å². The van der Waals surface area contributed by atoms with Crippen LogP contribution in [0.25, 0.3) is 0 Å². The van der Waals surface area contributed by atoms with Gasteiger partial charge < -0.3 is 30.0 Å². The van der Waals surface area contributed by atoms with Crippen molar-refractivity contribution < 1.29 is 24.1 Å². The molecule has 4 atom stereocenters. The van der Waals surface area contributed by atoms with E-state index < -0.39 is 6.29 Å². The molecule has 46 heavy (non-hydrogen) atoms. The van der Waals surface area contributed by atoms with Gasteiger partial charge in [0.25, 0.3) is 0 Å². The van der Waals surface area contributed by atoms with Gasteiger partial charge in [0.2, 0.25) is 0 Å². The number of urea groups is 1. The zero-order valence-electron chi connectivity index (χ0n) is 25.3. The van der Waals surface area contributed by atoms with Crippen LogP contribution in [0.1, 0.15) is 36.0 Å². The van der Waals surface area contributed by atoms with Crippen LogP contribution in [0.2, 0.25) is 0 Å². The lowest BCUT2D eigenvalue weighted by Crippen LogP contribution is -2.38. The molecule has 9 heteroatoms. The van der Waals surface area contributed by atoms with Crippen molar-refractivity contribution in [2.45, 2.75) is 37.1 Å². The quantitative estimate of drug-likeness (QED) is 0.132. The van der Waals surface area contributed by atoms with E-state index in [4.69, 9.17) is 14.2 Å². The highest BCUT2D eigenvalue weighted by molar-refractivity contribution is 7.99. The fraction of sp³-hybridized carbons (Fsp3) is 0.189. The van der Waals surface area contributed by atoms with Crippen LogP contribution in [-0.4, -0.2) is 28.0 Å². The van der Waals surface area contributed by atoms with E-state index in [1.54, 1.807) is 42.2 Å². The van der Waals surface area contributed by atoms with Gasteiger partial charge in [0.05, 0.1) is 23.8 Å². The van der Waals surface area contributed by atoms with Gasteiger partial charge in [-0.15, -0.1) is 11.8 Å². The number of benzene rings is 4. The molecular formula is C37H35N3O5S. The SMILES string of the molecule is CC1C(CSc2ccccn2)OC(c2cccc(NC(=O)Nc3ccc(Oc4ccccc4)cc3)c2)OC1c1ccc(CO)cc1. The number of rotatable bonds is 10. The van der Waals surface area contributed by atoms with Crippen LogP contribution in [0.3, 0.4) is 0 Å². The number of pyridine rings is 1. The molecule has 4 aromatic carbocycles. The van der Waals surface area contributed by atoms with Crippen molar-refractivity contribution in [2.24, 2.45) is 5.92 Å². The molecule has 2 heterocycles. The molecule has 3 N–H and O–H groups in total. The Morgan fingerprint density at radius 2 is 1.54 bits per heavy atom. The number of aromatic nitrogens is 1. The zero-order chi connectivity index (χ0) is 31.7. The van der Waals surface area contributed by atoms with Crippen LogP contribution in [0.5, 0.6) is 11.5 Å². The van der Waals surface area contributed by atoms with Crippen LogP contribution >= 0.6 is 11.8 Å². The second-order valence-corrected chi connectivity index (χ2v) is 12.0. The molecule has 1 fully saturated rings. The number of anilines is 2. The Labute approximate surface area is 272 Å². The van der Waals surface area contributed by atoms with Crippen molar-refractivity contribution in [3.05, 3.63) is 144 Å². The zero-order valence-corrected chi connectivity index (χ0v) is 26.1. The smallest absolute Gasteiger partial charge is 0.323 e. The monoisotopic (exact) mass is 633 g/mol. The number of hydrogen-bond donors (Lipinski definition) is 3. The van der Waals surface area contributed by atoms with E-state index in [1.165, 1.54) is 0 Å².